The Labute approximate surface area is 198 Å². The molecule has 0 atom stereocenters. The van der Waals surface area contributed by atoms with E-state index in [1.807, 2.05) is 24.3 Å². The summed E-state index contributed by atoms with van der Waals surface area (Å²) in [6, 6.07) is 22.2. The summed E-state index contributed by atoms with van der Waals surface area (Å²) in [7, 11) is 0. The minimum Gasteiger partial charge on any atom is -0.343 e. The molecule has 0 amide bonds. The molecule has 1 heterocycles. The highest BCUT2D eigenvalue weighted by molar-refractivity contribution is 6.35. The summed E-state index contributed by atoms with van der Waals surface area (Å²) in [5.74, 6) is 0. The molecule has 0 aliphatic rings. The SMILES string of the molecule is Cl.Clc1ccc(CCNCc2cn(Cc3ccc(Cl)cc3Cl)c3ccccc23)cc1. The van der Waals surface area contributed by atoms with Gasteiger partial charge in [-0.05, 0) is 60.0 Å². The topological polar surface area (TPSA) is 17.0 Å². The molecule has 0 aliphatic heterocycles. The summed E-state index contributed by atoms with van der Waals surface area (Å²) in [4.78, 5) is 0. The van der Waals surface area contributed by atoms with Gasteiger partial charge in [0.05, 0.1) is 0 Å². The smallest absolute Gasteiger partial charge is 0.0491 e. The molecule has 0 unspecified atom stereocenters. The van der Waals surface area contributed by atoms with Crippen molar-refractivity contribution in [1.29, 1.82) is 0 Å². The van der Waals surface area contributed by atoms with Crippen molar-refractivity contribution in [3.63, 3.8) is 0 Å². The maximum Gasteiger partial charge on any atom is 0.0491 e. The van der Waals surface area contributed by atoms with Gasteiger partial charge in [0, 0.05) is 45.3 Å². The summed E-state index contributed by atoms with van der Waals surface area (Å²) in [5.41, 5.74) is 4.82. The fourth-order valence-electron chi connectivity index (χ4n) is 3.53. The van der Waals surface area contributed by atoms with E-state index in [0.717, 1.165) is 30.1 Å². The van der Waals surface area contributed by atoms with Crippen molar-refractivity contribution in [3.05, 3.63) is 105 Å². The predicted molar refractivity (Wildman–Crippen MR) is 132 cm³/mol. The van der Waals surface area contributed by atoms with Crippen LogP contribution >= 0.6 is 47.2 Å². The van der Waals surface area contributed by atoms with E-state index in [1.165, 1.54) is 22.0 Å². The van der Waals surface area contributed by atoms with Gasteiger partial charge in [-0.3, -0.25) is 0 Å². The van der Waals surface area contributed by atoms with Crippen molar-refractivity contribution in [3.8, 4) is 0 Å². The lowest BCUT2D eigenvalue weighted by molar-refractivity contribution is 0.686. The van der Waals surface area contributed by atoms with Gasteiger partial charge in [-0.1, -0.05) is 71.2 Å². The number of hydrogen-bond donors (Lipinski definition) is 1. The average Bonchev–Trinajstić information content (AvgIpc) is 3.06. The molecule has 0 aliphatic carbocycles. The largest absolute Gasteiger partial charge is 0.343 e. The van der Waals surface area contributed by atoms with Gasteiger partial charge >= 0.3 is 0 Å². The van der Waals surface area contributed by atoms with Crippen LogP contribution in [0.15, 0.2) is 72.9 Å². The van der Waals surface area contributed by atoms with E-state index >= 15 is 0 Å². The zero-order valence-corrected chi connectivity index (χ0v) is 19.3. The van der Waals surface area contributed by atoms with Crippen molar-refractivity contribution in [2.45, 2.75) is 19.5 Å². The molecule has 3 aromatic carbocycles. The number of para-hydroxylation sites is 1. The molecule has 0 radical (unpaired) electrons. The highest BCUT2D eigenvalue weighted by Gasteiger charge is 2.10. The standard InChI is InChI=1S/C24H21Cl3N2.ClH/c25-20-8-5-17(6-9-20)11-12-28-14-19-16-29(24-4-2-1-3-22(19)24)15-18-7-10-21(26)13-23(18)27;/h1-10,13,16,28H,11-12,14-15H2;1H. The lowest BCUT2D eigenvalue weighted by Crippen LogP contribution is -2.16. The average molecular weight is 480 g/mol. The van der Waals surface area contributed by atoms with Gasteiger partial charge in [0.15, 0.2) is 0 Å². The molecular weight excluding hydrogens is 458 g/mol. The van der Waals surface area contributed by atoms with Crippen molar-refractivity contribution >= 4 is 58.1 Å². The number of fused-ring (bicyclic) bond motifs is 1. The van der Waals surface area contributed by atoms with Crippen LogP contribution < -0.4 is 5.32 Å². The van der Waals surface area contributed by atoms with Gasteiger partial charge in [-0.2, -0.15) is 0 Å². The van der Waals surface area contributed by atoms with Crippen molar-refractivity contribution < 1.29 is 0 Å². The first-order chi connectivity index (χ1) is 14.1. The summed E-state index contributed by atoms with van der Waals surface area (Å²) < 4.78 is 2.25. The van der Waals surface area contributed by atoms with E-state index in [2.05, 4.69) is 52.5 Å². The lowest BCUT2D eigenvalue weighted by Gasteiger charge is -2.08. The monoisotopic (exact) mass is 478 g/mol. The van der Waals surface area contributed by atoms with Crippen LogP contribution in [0.3, 0.4) is 0 Å². The van der Waals surface area contributed by atoms with E-state index in [-0.39, 0.29) is 12.4 Å². The predicted octanol–water partition coefficient (Wildman–Crippen LogP) is 7.40. The molecule has 0 spiro atoms. The Balaban J connectivity index is 0.00000256. The Morgan fingerprint density at radius 2 is 1.53 bits per heavy atom. The van der Waals surface area contributed by atoms with Crippen molar-refractivity contribution in [2.75, 3.05) is 6.54 Å². The van der Waals surface area contributed by atoms with Crippen LogP contribution in [-0.4, -0.2) is 11.1 Å². The summed E-state index contributed by atoms with van der Waals surface area (Å²) >= 11 is 18.4. The molecule has 6 heteroatoms. The Hall–Kier alpha value is -1.68. The minimum absolute atomic E-state index is 0. The Kier molecular flexibility index (Phi) is 8.10. The molecule has 4 aromatic rings. The molecule has 1 aromatic heterocycles. The number of hydrogen-bond acceptors (Lipinski definition) is 1. The number of nitrogens with one attached hydrogen (secondary N) is 1. The van der Waals surface area contributed by atoms with Crippen LogP contribution in [0.1, 0.15) is 16.7 Å². The molecule has 0 saturated carbocycles. The van der Waals surface area contributed by atoms with Crippen LogP contribution in [0.25, 0.3) is 10.9 Å². The fraction of sp³-hybridized carbons (Fsp3) is 0.167. The zero-order chi connectivity index (χ0) is 20.2. The quantitative estimate of drug-likeness (QED) is 0.273. The molecule has 0 fully saturated rings. The van der Waals surface area contributed by atoms with Gasteiger partial charge in [0.25, 0.3) is 0 Å². The molecule has 0 bridgehead atoms. The third-order valence-corrected chi connectivity index (χ3v) is 5.88. The first kappa shape index (κ1) is 23.0. The first-order valence-electron chi connectivity index (χ1n) is 9.56. The molecule has 4 rings (SSSR count). The van der Waals surface area contributed by atoms with Crippen molar-refractivity contribution in [2.24, 2.45) is 0 Å². The number of aromatic nitrogens is 1. The van der Waals surface area contributed by atoms with E-state index < -0.39 is 0 Å². The Morgan fingerprint density at radius 1 is 0.800 bits per heavy atom. The van der Waals surface area contributed by atoms with Crippen LogP contribution in [0.4, 0.5) is 0 Å². The molecule has 0 saturated heterocycles. The second-order valence-electron chi connectivity index (χ2n) is 7.09. The van der Waals surface area contributed by atoms with E-state index in [4.69, 9.17) is 34.8 Å². The van der Waals surface area contributed by atoms with Crippen LogP contribution in [0, 0.1) is 0 Å². The maximum absolute atomic E-state index is 6.39. The number of rotatable bonds is 7. The molecule has 2 nitrogen and oxygen atoms in total. The van der Waals surface area contributed by atoms with Gasteiger partial charge < -0.3 is 9.88 Å². The zero-order valence-electron chi connectivity index (χ0n) is 16.2. The maximum atomic E-state index is 6.39. The normalized spacial score (nSPS) is 10.9. The third kappa shape index (κ3) is 5.51. The number of halogens is 4. The van der Waals surface area contributed by atoms with Crippen LogP contribution in [0.2, 0.25) is 15.1 Å². The lowest BCUT2D eigenvalue weighted by atomic mass is 10.1. The molecule has 156 valence electrons. The Morgan fingerprint density at radius 3 is 2.30 bits per heavy atom. The molecular formula is C24H22Cl4N2. The minimum atomic E-state index is 0. The van der Waals surface area contributed by atoms with Gasteiger partial charge in [0.1, 0.15) is 0 Å². The van der Waals surface area contributed by atoms with Gasteiger partial charge in [-0.25, -0.2) is 0 Å². The second-order valence-corrected chi connectivity index (χ2v) is 8.37. The van der Waals surface area contributed by atoms with Crippen molar-refractivity contribution in [1.82, 2.24) is 9.88 Å². The van der Waals surface area contributed by atoms with Gasteiger partial charge in [-0.15, -0.1) is 12.4 Å². The number of nitrogens with zero attached hydrogens (tertiary/aromatic N) is 1. The highest BCUT2D eigenvalue weighted by Crippen LogP contribution is 2.26. The molecule has 1 N–H and O–H groups in total. The summed E-state index contributed by atoms with van der Waals surface area (Å²) in [6.45, 7) is 2.43. The van der Waals surface area contributed by atoms with Crippen LogP contribution in [0.5, 0.6) is 0 Å². The first-order valence-corrected chi connectivity index (χ1v) is 10.7. The summed E-state index contributed by atoms with van der Waals surface area (Å²) in [6.07, 6.45) is 3.18. The highest BCUT2D eigenvalue weighted by atomic mass is 35.5. The molecule has 30 heavy (non-hydrogen) atoms. The third-order valence-electron chi connectivity index (χ3n) is 5.05. The Bertz CT molecular complexity index is 1120. The van der Waals surface area contributed by atoms with Crippen LogP contribution in [-0.2, 0) is 19.5 Å². The van der Waals surface area contributed by atoms with Gasteiger partial charge in [0.2, 0.25) is 0 Å². The fourth-order valence-corrected chi connectivity index (χ4v) is 4.13. The van der Waals surface area contributed by atoms with E-state index in [9.17, 15) is 0 Å². The summed E-state index contributed by atoms with van der Waals surface area (Å²) in [5, 5.41) is 6.94. The van der Waals surface area contributed by atoms with E-state index in [0.29, 0.717) is 16.6 Å². The van der Waals surface area contributed by atoms with E-state index in [1.54, 1.807) is 6.07 Å². The number of benzene rings is 3. The second kappa shape index (κ2) is 10.6.